The van der Waals surface area contributed by atoms with E-state index in [2.05, 4.69) is 6.07 Å². The molecule has 2 aromatic carbocycles. The summed E-state index contributed by atoms with van der Waals surface area (Å²) in [6, 6.07) is 13.3. The van der Waals surface area contributed by atoms with Crippen LogP contribution in [0.25, 0.3) is 0 Å². The van der Waals surface area contributed by atoms with Crippen LogP contribution in [0.5, 0.6) is 11.5 Å². The van der Waals surface area contributed by atoms with Gasteiger partial charge in [0.2, 0.25) is 0 Å². The number of halogens is 1. The second kappa shape index (κ2) is 5.02. The molecule has 2 N–H and O–H groups in total. The van der Waals surface area contributed by atoms with E-state index in [1.54, 1.807) is 12.1 Å². The molecule has 0 saturated heterocycles. The first kappa shape index (κ1) is 12.2. The van der Waals surface area contributed by atoms with Crippen LogP contribution in [0.3, 0.4) is 0 Å². The number of hydrogen-bond donors (Lipinski definition) is 1. The Morgan fingerprint density at radius 1 is 1.26 bits per heavy atom. The van der Waals surface area contributed by atoms with E-state index in [-0.39, 0.29) is 6.10 Å². The third-order valence-electron chi connectivity index (χ3n) is 3.12. The second-order valence-corrected chi connectivity index (χ2v) is 4.95. The highest BCUT2D eigenvalue weighted by molar-refractivity contribution is 6.33. The maximum atomic E-state index is 5.95. The summed E-state index contributed by atoms with van der Waals surface area (Å²) < 4.78 is 11.5. The Bertz CT molecular complexity index is 575. The van der Waals surface area contributed by atoms with E-state index in [1.807, 2.05) is 24.3 Å². The number of fused-ring (bicyclic) bond motifs is 1. The van der Waals surface area contributed by atoms with Gasteiger partial charge in [0.15, 0.2) is 0 Å². The van der Waals surface area contributed by atoms with Crippen LogP contribution in [0.2, 0.25) is 5.02 Å². The largest absolute Gasteiger partial charge is 0.490 e. The van der Waals surface area contributed by atoms with E-state index in [0.29, 0.717) is 23.1 Å². The van der Waals surface area contributed by atoms with Gasteiger partial charge in [-0.25, -0.2) is 0 Å². The van der Waals surface area contributed by atoms with Crippen molar-refractivity contribution in [2.45, 2.75) is 12.5 Å². The lowest BCUT2D eigenvalue weighted by Gasteiger charge is -2.12. The Hall–Kier alpha value is -1.87. The summed E-state index contributed by atoms with van der Waals surface area (Å²) in [7, 11) is 0. The zero-order valence-corrected chi connectivity index (χ0v) is 11.1. The minimum absolute atomic E-state index is 0.0497. The van der Waals surface area contributed by atoms with E-state index in [0.717, 1.165) is 12.2 Å². The number of anilines is 1. The maximum absolute atomic E-state index is 5.95. The Balaban J connectivity index is 1.61. The summed E-state index contributed by atoms with van der Waals surface area (Å²) in [4.78, 5) is 0. The zero-order chi connectivity index (χ0) is 13.2. The standard InChI is InChI=1S/C15H14ClNO2/c16-13-8-11(5-6-14(13)17)18-9-12-7-10-3-1-2-4-15(10)19-12/h1-6,8,12H,7,9,17H2. The van der Waals surface area contributed by atoms with Gasteiger partial charge in [-0.3, -0.25) is 0 Å². The Morgan fingerprint density at radius 2 is 2.11 bits per heavy atom. The molecule has 0 saturated carbocycles. The van der Waals surface area contributed by atoms with Crippen LogP contribution in [0.4, 0.5) is 5.69 Å². The Labute approximate surface area is 116 Å². The molecule has 1 atom stereocenters. The average molecular weight is 276 g/mol. The van der Waals surface area contributed by atoms with Gasteiger partial charge < -0.3 is 15.2 Å². The number of benzene rings is 2. The van der Waals surface area contributed by atoms with Crippen LogP contribution in [-0.2, 0) is 6.42 Å². The van der Waals surface area contributed by atoms with Gasteiger partial charge in [-0.15, -0.1) is 0 Å². The van der Waals surface area contributed by atoms with Crippen LogP contribution in [0, 0.1) is 0 Å². The highest BCUT2D eigenvalue weighted by Gasteiger charge is 2.22. The summed E-state index contributed by atoms with van der Waals surface area (Å²) >= 11 is 5.95. The molecule has 1 unspecified atom stereocenters. The van der Waals surface area contributed by atoms with Crippen molar-refractivity contribution in [3.8, 4) is 11.5 Å². The van der Waals surface area contributed by atoms with Crippen molar-refractivity contribution in [2.75, 3.05) is 12.3 Å². The summed E-state index contributed by atoms with van der Waals surface area (Å²) in [5.41, 5.74) is 7.43. The van der Waals surface area contributed by atoms with Gasteiger partial charge in [0.1, 0.15) is 24.2 Å². The van der Waals surface area contributed by atoms with Gasteiger partial charge in [-0.2, -0.15) is 0 Å². The van der Waals surface area contributed by atoms with Crippen LogP contribution < -0.4 is 15.2 Å². The minimum atomic E-state index is 0.0497. The van der Waals surface area contributed by atoms with E-state index in [4.69, 9.17) is 26.8 Å². The highest BCUT2D eigenvalue weighted by atomic mass is 35.5. The molecule has 4 heteroatoms. The number of para-hydroxylation sites is 1. The molecule has 2 aromatic rings. The number of ether oxygens (including phenoxy) is 2. The molecule has 98 valence electrons. The van der Waals surface area contributed by atoms with Crippen molar-refractivity contribution in [1.29, 1.82) is 0 Å². The van der Waals surface area contributed by atoms with Crippen molar-refractivity contribution >= 4 is 17.3 Å². The minimum Gasteiger partial charge on any atom is -0.490 e. The molecule has 0 aromatic heterocycles. The second-order valence-electron chi connectivity index (χ2n) is 4.55. The Kier molecular flexibility index (Phi) is 3.22. The lowest BCUT2D eigenvalue weighted by molar-refractivity contribution is 0.148. The fourth-order valence-electron chi connectivity index (χ4n) is 2.13. The fourth-order valence-corrected chi connectivity index (χ4v) is 2.30. The van der Waals surface area contributed by atoms with Crippen molar-refractivity contribution < 1.29 is 9.47 Å². The molecule has 0 radical (unpaired) electrons. The molecule has 1 aliphatic rings. The van der Waals surface area contributed by atoms with Gasteiger partial charge in [0.05, 0.1) is 10.7 Å². The number of rotatable bonds is 3. The third-order valence-corrected chi connectivity index (χ3v) is 3.45. The molecule has 0 fully saturated rings. The van der Waals surface area contributed by atoms with Gasteiger partial charge in [0.25, 0.3) is 0 Å². The Morgan fingerprint density at radius 3 is 2.89 bits per heavy atom. The first-order chi connectivity index (χ1) is 9.22. The smallest absolute Gasteiger partial charge is 0.137 e. The van der Waals surface area contributed by atoms with Crippen molar-refractivity contribution in [2.24, 2.45) is 0 Å². The lowest BCUT2D eigenvalue weighted by atomic mass is 10.1. The lowest BCUT2D eigenvalue weighted by Crippen LogP contribution is -2.22. The quantitative estimate of drug-likeness (QED) is 0.874. The predicted molar refractivity (Wildman–Crippen MR) is 75.9 cm³/mol. The summed E-state index contributed by atoms with van der Waals surface area (Å²) in [6.45, 7) is 0.495. The van der Waals surface area contributed by atoms with Gasteiger partial charge in [-0.1, -0.05) is 29.8 Å². The summed E-state index contributed by atoms with van der Waals surface area (Å²) in [5.74, 6) is 1.66. The first-order valence-corrected chi connectivity index (χ1v) is 6.52. The molecule has 0 bridgehead atoms. The molecular formula is C15H14ClNO2. The molecular weight excluding hydrogens is 262 g/mol. The highest BCUT2D eigenvalue weighted by Crippen LogP contribution is 2.29. The SMILES string of the molecule is Nc1ccc(OCC2Cc3ccccc3O2)cc1Cl. The van der Waals surface area contributed by atoms with E-state index < -0.39 is 0 Å². The summed E-state index contributed by atoms with van der Waals surface area (Å²) in [6.07, 6.45) is 0.924. The summed E-state index contributed by atoms with van der Waals surface area (Å²) in [5, 5.41) is 0.508. The third kappa shape index (κ3) is 2.61. The average Bonchev–Trinajstić information content (AvgIpc) is 2.83. The molecule has 3 rings (SSSR count). The van der Waals surface area contributed by atoms with Crippen LogP contribution in [0.15, 0.2) is 42.5 Å². The van der Waals surface area contributed by atoms with Gasteiger partial charge >= 0.3 is 0 Å². The normalized spacial score (nSPS) is 16.8. The molecule has 0 amide bonds. The van der Waals surface area contributed by atoms with Crippen molar-refractivity contribution in [1.82, 2.24) is 0 Å². The topological polar surface area (TPSA) is 44.5 Å². The molecule has 1 heterocycles. The van der Waals surface area contributed by atoms with Gasteiger partial charge in [0, 0.05) is 12.5 Å². The monoisotopic (exact) mass is 275 g/mol. The first-order valence-electron chi connectivity index (χ1n) is 6.15. The maximum Gasteiger partial charge on any atom is 0.137 e. The molecule has 0 aliphatic carbocycles. The number of nitrogens with two attached hydrogens (primary N) is 1. The molecule has 1 aliphatic heterocycles. The molecule has 19 heavy (non-hydrogen) atoms. The van der Waals surface area contributed by atoms with E-state index in [9.17, 15) is 0 Å². The fraction of sp³-hybridized carbons (Fsp3) is 0.200. The number of hydrogen-bond acceptors (Lipinski definition) is 3. The molecule has 0 spiro atoms. The van der Waals surface area contributed by atoms with Crippen LogP contribution >= 0.6 is 11.6 Å². The van der Waals surface area contributed by atoms with E-state index >= 15 is 0 Å². The van der Waals surface area contributed by atoms with Crippen molar-refractivity contribution in [3.63, 3.8) is 0 Å². The van der Waals surface area contributed by atoms with Crippen LogP contribution in [-0.4, -0.2) is 12.7 Å². The zero-order valence-electron chi connectivity index (χ0n) is 10.3. The van der Waals surface area contributed by atoms with Crippen LogP contribution in [0.1, 0.15) is 5.56 Å². The van der Waals surface area contributed by atoms with Crippen molar-refractivity contribution in [3.05, 3.63) is 53.1 Å². The van der Waals surface area contributed by atoms with Gasteiger partial charge in [-0.05, 0) is 23.8 Å². The molecule has 3 nitrogen and oxygen atoms in total. The number of nitrogen functional groups attached to an aromatic ring is 1. The van der Waals surface area contributed by atoms with E-state index in [1.165, 1.54) is 5.56 Å². The predicted octanol–water partition coefficient (Wildman–Crippen LogP) is 3.30.